The predicted octanol–water partition coefficient (Wildman–Crippen LogP) is 2.10. The molecular formula is C17H27Cl2N3O2. The Hall–Kier alpha value is -0.850. The molecule has 2 saturated heterocycles. The van der Waals surface area contributed by atoms with Gasteiger partial charge in [-0.2, -0.15) is 0 Å². The van der Waals surface area contributed by atoms with Gasteiger partial charge < -0.3 is 20.3 Å². The lowest BCUT2D eigenvalue weighted by Crippen LogP contribution is -2.45. The Bertz CT molecular complexity index is 487. The summed E-state index contributed by atoms with van der Waals surface area (Å²) in [7, 11) is 0. The van der Waals surface area contributed by atoms with Crippen LogP contribution in [0.2, 0.25) is 0 Å². The SMILES string of the molecule is Cl.Cl.O=C(Nc1ccc(CCN2CCCC2)cc1)C1CNCCO1. The maximum atomic E-state index is 12.1. The average molecular weight is 376 g/mol. The fourth-order valence-electron chi connectivity index (χ4n) is 3.00. The Kier molecular flexibility index (Phi) is 9.63. The van der Waals surface area contributed by atoms with Crippen LogP contribution in [0.4, 0.5) is 5.69 Å². The van der Waals surface area contributed by atoms with Crippen LogP contribution in [0.15, 0.2) is 24.3 Å². The molecule has 2 aliphatic rings. The number of benzene rings is 1. The van der Waals surface area contributed by atoms with Gasteiger partial charge in [0.1, 0.15) is 6.10 Å². The van der Waals surface area contributed by atoms with Gasteiger partial charge in [0.25, 0.3) is 5.91 Å². The summed E-state index contributed by atoms with van der Waals surface area (Å²) in [6.45, 7) is 5.60. The molecule has 0 bridgehead atoms. The minimum atomic E-state index is -0.386. The van der Waals surface area contributed by atoms with Crippen molar-refractivity contribution in [2.24, 2.45) is 0 Å². The lowest BCUT2D eigenvalue weighted by Gasteiger charge is -2.22. The van der Waals surface area contributed by atoms with Crippen molar-refractivity contribution in [3.63, 3.8) is 0 Å². The van der Waals surface area contributed by atoms with Crippen LogP contribution in [0.25, 0.3) is 0 Å². The highest BCUT2D eigenvalue weighted by Crippen LogP contribution is 2.13. The first-order valence-electron chi connectivity index (χ1n) is 8.26. The number of hydrogen-bond donors (Lipinski definition) is 2. The number of carbonyl (C=O) groups is 1. The number of nitrogens with zero attached hydrogens (tertiary/aromatic N) is 1. The minimum absolute atomic E-state index is 0. The monoisotopic (exact) mass is 375 g/mol. The van der Waals surface area contributed by atoms with Gasteiger partial charge in [-0.1, -0.05) is 12.1 Å². The van der Waals surface area contributed by atoms with Crippen molar-refractivity contribution in [2.75, 3.05) is 44.6 Å². The highest BCUT2D eigenvalue weighted by Gasteiger charge is 2.21. The van der Waals surface area contributed by atoms with Gasteiger partial charge in [0, 0.05) is 25.3 Å². The number of rotatable bonds is 5. The van der Waals surface area contributed by atoms with Gasteiger partial charge in [-0.25, -0.2) is 0 Å². The molecular weight excluding hydrogens is 349 g/mol. The van der Waals surface area contributed by atoms with E-state index in [2.05, 4.69) is 27.7 Å². The third-order valence-electron chi connectivity index (χ3n) is 4.36. The summed E-state index contributed by atoms with van der Waals surface area (Å²) in [4.78, 5) is 14.6. The number of nitrogens with one attached hydrogen (secondary N) is 2. The molecule has 0 radical (unpaired) electrons. The number of amides is 1. The zero-order chi connectivity index (χ0) is 15.2. The third kappa shape index (κ3) is 6.22. The van der Waals surface area contributed by atoms with Gasteiger partial charge in [-0.05, 0) is 50.0 Å². The van der Waals surface area contributed by atoms with Crippen LogP contribution in [0.5, 0.6) is 0 Å². The summed E-state index contributed by atoms with van der Waals surface area (Å²) in [6, 6.07) is 8.16. The van der Waals surface area contributed by atoms with E-state index in [-0.39, 0.29) is 36.8 Å². The Morgan fingerprint density at radius 2 is 1.92 bits per heavy atom. The molecule has 1 aromatic carbocycles. The molecule has 2 heterocycles. The normalized spacial score (nSPS) is 20.8. The lowest BCUT2D eigenvalue weighted by atomic mass is 10.1. The number of anilines is 1. The Balaban J connectivity index is 0.00000144. The summed E-state index contributed by atoms with van der Waals surface area (Å²) in [5.41, 5.74) is 2.16. The van der Waals surface area contributed by atoms with Crippen LogP contribution < -0.4 is 10.6 Å². The first-order valence-corrected chi connectivity index (χ1v) is 8.26. The minimum Gasteiger partial charge on any atom is -0.366 e. The molecule has 136 valence electrons. The molecule has 24 heavy (non-hydrogen) atoms. The van der Waals surface area contributed by atoms with E-state index in [9.17, 15) is 4.79 Å². The van der Waals surface area contributed by atoms with E-state index in [0.717, 1.165) is 25.2 Å². The Morgan fingerprint density at radius 3 is 2.54 bits per heavy atom. The van der Waals surface area contributed by atoms with Crippen LogP contribution >= 0.6 is 24.8 Å². The van der Waals surface area contributed by atoms with E-state index in [0.29, 0.717) is 13.2 Å². The van der Waals surface area contributed by atoms with Crippen molar-refractivity contribution in [1.82, 2.24) is 10.2 Å². The summed E-state index contributed by atoms with van der Waals surface area (Å²) in [6.07, 6.45) is 3.36. The molecule has 2 fully saturated rings. The highest BCUT2D eigenvalue weighted by atomic mass is 35.5. The van der Waals surface area contributed by atoms with Crippen LogP contribution in [0, 0.1) is 0 Å². The molecule has 0 aromatic heterocycles. The number of ether oxygens (including phenoxy) is 1. The molecule has 0 spiro atoms. The first-order chi connectivity index (χ1) is 10.8. The first kappa shape index (κ1) is 21.2. The summed E-state index contributed by atoms with van der Waals surface area (Å²) in [5.74, 6) is -0.0722. The molecule has 0 aliphatic carbocycles. The molecule has 3 rings (SSSR count). The number of likely N-dealkylation sites (tertiary alicyclic amines) is 1. The average Bonchev–Trinajstić information content (AvgIpc) is 3.08. The van der Waals surface area contributed by atoms with E-state index in [1.807, 2.05) is 12.1 Å². The van der Waals surface area contributed by atoms with Gasteiger partial charge >= 0.3 is 0 Å². The van der Waals surface area contributed by atoms with Crippen LogP contribution in [-0.4, -0.2) is 56.2 Å². The van der Waals surface area contributed by atoms with Crippen LogP contribution in [0.1, 0.15) is 18.4 Å². The van der Waals surface area contributed by atoms with Gasteiger partial charge in [0.15, 0.2) is 0 Å². The van der Waals surface area contributed by atoms with Gasteiger partial charge in [0.05, 0.1) is 6.61 Å². The quantitative estimate of drug-likeness (QED) is 0.827. The van der Waals surface area contributed by atoms with Crippen molar-refractivity contribution in [3.05, 3.63) is 29.8 Å². The second-order valence-corrected chi connectivity index (χ2v) is 6.05. The largest absolute Gasteiger partial charge is 0.366 e. The summed E-state index contributed by atoms with van der Waals surface area (Å²) >= 11 is 0. The van der Waals surface area contributed by atoms with Crippen molar-refractivity contribution in [2.45, 2.75) is 25.4 Å². The molecule has 0 saturated carbocycles. The van der Waals surface area contributed by atoms with Gasteiger partial charge in [-0.15, -0.1) is 24.8 Å². The topological polar surface area (TPSA) is 53.6 Å². The Morgan fingerprint density at radius 1 is 1.21 bits per heavy atom. The molecule has 1 atom stereocenters. The zero-order valence-electron chi connectivity index (χ0n) is 13.8. The number of morpholine rings is 1. The predicted molar refractivity (Wildman–Crippen MR) is 102 cm³/mol. The molecule has 1 unspecified atom stereocenters. The third-order valence-corrected chi connectivity index (χ3v) is 4.36. The van der Waals surface area contributed by atoms with Gasteiger partial charge in [-0.3, -0.25) is 4.79 Å². The van der Waals surface area contributed by atoms with Crippen molar-refractivity contribution in [1.29, 1.82) is 0 Å². The smallest absolute Gasteiger partial charge is 0.254 e. The number of carbonyl (C=O) groups excluding carboxylic acids is 1. The maximum Gasteiger partial charge on any atom is 0.254 e. The maximum absolute atomic E-state index is 12.1. The van der Waals surface area contributed by atoms with Crippen molar-refractivity contribution < 1.29 is 9.53 Å². The molecule has 2 aliphatic heterocycles. The number of halogens is 2. The molecule has 7 heteroatoms. The zero-order valence-corrected chi connectivity index (χ0v) is 15.5. The molecule has 5 nitrogen and oxygen atoms in total. The van der Waals surface area contributed by atoms with Crippen LogP contribution in [0.3, 0.4) is 0 Å². The van der Waals surface area contributed by atoms with Crippen molar-refractivity contribution in [3.8, 4) is 0 Å². The highest BCUT2D eigenvalue weighted by molar-refractivity contribution is 5.94. The van der Waals surface area contributed by atoms with E-state index in [4.69, 9.17) is 4.74 Å². The number of hydrogen-bond acceptors (Lipinski definition) is 4. The van der Waals surface area contributed by atoms with E-state index < -0.39 is 0 Å². The fourth-order valence-corrected chi connectivity index (χ4v) is 3.00. The Labute approximate surface area is 156 Å². The summed E-state index contributed by atoms with van der Waals surface area (Å²) in [5, 5.41) is 6.09. The molecule has 1 amide bonds. The van der Waals surface area contributed by atoms with E-state index >= 15 is 0 Å². The lowest BCUT2D eigenvalue weighted by molar-refractivity contribution is -0.128. The molecule has 2 N–H and O–H groups in total. The fraction of sp³-hybridized carbons (Fsp3) is 0.588. The second-order valence-electron chi connectivity index (χ2n) is 6.05. The van der Waals surface area contributed by atoms with Gasteiger partial charge in [0.2, 0.25) is 0 Å². The standard InChI is InChI=1S/C17H25N3O2.2ClH/c21-17(16-13-18-8-12-22-16)19-15-5-3-14(4-6-15)7-11-20-9-1-2-10-20;;/h3-6,16,18H,1-2,7-13H2,(H,19,21);2*1H. The second kappa shape index (κ2) is 10.9. The van der Waals surface area contributed by atoms with Crippen LogP contribution in [-0.2, 0) is 16.0 Å². The van der Waals surface area contributed by atoms with E-state index in [1.54, 1.807) is 0 Å². The van der Waals surface area contributed by atoms with E-state index in [1.165, 1.54) is 31.5 Å². The van der Waals surface area contributed by atoms with Crippen molar-refractivity contribution >= 4 is 36.4 Å². The summed E-state index contributed by atoms with van der Waals surface area (Å²) < 4.78 is 5.45. The molecule has 1 aromatic rings.